The van der Waals surface area contributed by atoms with E-state index >= 15 is 0 Å². The molecule has 0 aromatic heterocycles. The third-order valence-electron chi connectivity index (χ3n) is 2.61. The molecule has 3 unspecified atom stereocenters. The second-order valence-corrected chi connectivity index (χ2v) is 3.22. The van der Waals surface area contributed by atoms with E-state index in [0.29, 0.717) is 5.92 Å². The van der Waals surface area contributed by atoms with Gasteiger partial charge in [-0.25, -0.2) is 5.01 Å². The van der Waals surface area contributed by atoms with E-state index in [1.165, 1.54) is 0 Å². The summed E-state index contributed by atoms with van der Waals surface area (Å²) in [5, 5.41) is 10.7. The number of halogens is 1. The monoisotopic (exact) mass is 274 g/mol. The van der Waals surface area contributed by atoms with Gasteiger partial charge in [0, 0.05) is 13.1 Å². The number of carboxylic acids is 1. The van der Waals surface area contributed by atoms with Crippen LogP contribution in [0.15, 0.2) is 0 Å². The Hall–Kier alpha value is 0.636. The molecule has 2 aliphatic rings. The predicted octanol–water partition coefficient (Wildman–Crippen LogP) is -3.26. The molecule has 2 bridgehead atoms. The third kappa shape index (κ3) is 3.06. The largest absolute Gasteiger partial charge is 2.00 e. The molecule has 4 nitrogen and oxygen atoms in total. The molecule has 2 rings (SSSR count). The summed E-state index contributed by atoms with van der Waals surface area (Å²) in [7, 11) is 0. The van der Waals surface area contributed by atoms with Crippen LogP contribution in [0.4, 0.5) is 0 Å². The topological polar surface area (TPSA) is 52.6 Å². The Labute approximate surface area is 111 Å². The Morgan fingerprint density at radius 1 is 1.43 bits per heavy atom. The molecule has 0 saturated carbocycles. The van der Waals surface area contributed by atoms with Gasteiger partial charge < -0.3 is 29.5 Å². The van der Waals surface area contributed by atoms with Gasteiger partial charge in [-0.15, -0.1) is 0 Å². The first-order valence-electron chi connectivity index (χ1n) is 4.02. The zero-order chi connectivity index (χ0) is 7.84. The fourth-order valence-electron chi connectivity index (χ4n) is 2.06. The van der Waals surface area contributed by atoms with Crippen LogP contribution >= 0.6 is 0 Å². The molecule has 0 aromatic rings. The predicted molar refractivity (Wildman–Crippen MR) is 51.0 cm³/mol. The van der Waals surface area contributed by atoms with Gasteiger partial charge in [0.25, 0.3) is 0 Å². The second-order valence-electron chi connectivity index (χ2n) is 3.22. The number of hydrogen-bond donors (Lipinski definition) is 2. The summed E-state index contributed by atoms with van der Waals surface area (Å²) in [5.41, 5.74) is 3.09. The minimum atomic E-state index is -0.681. The van der Waals surface area contributed by atoms with Gasteiger partial charge in [0.05, 0.1) is 0 Å². The van der Waals surface area contributed by atoms with E-state index < -0.39 is 5.97 Å². The van der Waals surface area contributed by atoms with Crippen molar-refractivity contribution in [3.05, 3.63) is 7.43 Å². The van der Waals surface area contributed by atoms with E-state index in [2.05, 4.69) is 5.43 Å². The van der Waals surface area contributed by atoms with Crippen LogP contribution in [0.25, 0.3) is 0 Å². The minimum absolute atomic E-state index is 0. The van der Waals surface area contributed by atoms with E-state index in [-0.39, 0.29) is 53.5 Å². The number of fused-ring (bicyclic) bond motifs is 2. The van der Waals surface area contributed by atoms with Crippen molar-refractivity contribution in [1.29, 1.82) is 0 Å². The molecule has 2 saturated heterocycles. The summed E-state index contributed by atoms with van der Waals surface area (Å²) in [6, 6.07) is -0.260. The van der Waals surface area contributed by atoms with E-state index in [1.807, 2.05) is 5.01 Å². The number of aliphatic carboxylic acids is 1. The molecular weight excluding hydrogens is 260 g/mol. The molecule has 2 aliphatic heterocycles. The van der Waals surface area contributed by atoms with Gasteiger partial charge in [0.1, 0.15) is 6.04 Å². The van der Waals surface area contributed by atoms with Crippen molar-refractivity contribution < 1.29 is 26.9 Å². The van der Waals surface area contributed by atoms with E-state index in [0.717, 1.165) is 25.9 Å². The maximum absolute atomic E-state index is 10.7. The summed E-state index contributed by atoms with van der Waals surface area (Å²) < 4.78 is 0. The van der Waals surface area contributed by atoms with Crippen molar-refractivity contribution in [2.45, 2.75) is 18.9 Å². The summed E-state index contributed by atoms with van der Waals surface area (Å²) >= 11 is 0. The number of hydrogen-bond acceptors (Lipinski definition) is 3. The van der Waals surface area contributed by atoms with Crippen LogP contribution in [0.2, 0.25) is 0 Å². The van der Waals surface area contributed by atoms with Crippen molar-refractivity contribution in [2.24, 2.45) is 5.92 Å². The second kappa shape index (κ2) is 7.00. The molecule has 2 heterocycles. The number of hydrazine groups is 1. The molecule has 2 N–H and O–H groups in total. The molecule has 6 heteroatoms. The summed E-state index contributed by atoms with van der Waals surface area (Å²) in [5.74, 6) is -0.298. The van der Waals surface area contributed by atoms with E-state index in [4.69, 9.17) is 5.11 Å². The maximum Gasteiger partial charge on any atom is 2.00 e. The first-order chi connectivity index (χ1) is 5.29. The minimum Gasteiger partial charge on any atom is -1.00 e. The molecule has 0 spiro atoms. The van der Waals surface area contributed by atoms with Crippen molar-refractivity contribution in [3.8, 4) is 0 Å². The average molecular weight is 275 g/mol. The fourth-order valence-corrected chi connectivity index (χ4v) is 2.06. The molecule has 0 radical (unpaired) electrons. The van der Waals surface area contributed by atoms with Gasteiger partial charge in [0.2, 0.25) is 0 Å². The van der Waals surface area contributed by atoms with Crippen molar-refractivity contribution in [2.75, 3.05) is 13.1 Å². The van der Waals surface area contributed by atoms with Gasteiger partial charge in [-0.05, 0) is 18.8 Å². The standard InChI is InChI=1S/C7H12N2O2.CH3.BrH.Mg/c10-7(11)6-5-1-3-8-9(6)4-2-5;;;/h5-6,8H,1-4H2,(H,10,11);1H3;1H;/q;-1;;+2/p-1. The number of carboxylic acid groups (broad SMARTS) is 1. The normalized spacial score (nSPS) is 33.3. The van der Waals surface area contributed by atoms with Gasteiger partial charge in [0.15, 0.2) is 0 Å². The first-order valence-corrected chi connectivity index (χ1v) is 4.02. The van der Waals surface area contributed by atoms with Gasteiger partial charge >= 0.3 is 29.0 Å². The number of rotatable bonds is 1. The van der Waals surface area contributed by atoms with Crippen LogP contribution in [0.1, 0.15) is 12.8 Å². The Morgan fingerprint density at radius 2 is 2.07 bits per heavy atom. The van der Waals surface area contributed by atoms with Crippen LogP contribution in [0.5, 0.6) is 0 Å². The SMILES string of the molecule is O=C(O)C1C2CCNN1CC2.[Br-].[CH3-].[Mg+2]. The quantitative estimate of drug-likeness (QED) is 0.390. The molecule has 0 aromatic carbocycles. The van der Waals surface area contributed by atoms with E-state index in [9.17, 15) is 4.79 Å². The summed E-state index contributed by atoms with van der Waals surface area (Å²) in [6.45, 7) is 1.83. The van der Waals surface area contributed by atoms with Crippen molar-refractivity contribution >= 4 is 29.0 Å². The Morgan fingerprint density at radius 3 is 2.50 bits per heavy atom. The van der Waals surface area contributed by atoms with Gasteiger partial charge in [-0.1, -0.05) is 0 Å². The smallest absolute Gasteiger partial charge is 1.00 e. The van der Waals surface area contributed by atoms with Crippen LogP contribution in [-0.4, -0.2) is 58.3 Å². The Kier molecular flexibility index (Phi) is 8.52. The van der Waals surface area contributed by atoms with Crippen LogP contribution in [-0.2, 0) is 4.79 Å². The van der Waals surface area contributed by atoms with Crippen molar-refractivity contribution in [3.63, 3.8) is 0 Å². The van der Waals surface area contributed by atoms with Crippen LogP contribution in [0, 0.1) is 13.3 Å². The van der Waals surface area contributed by atoms with Gasteiger partial charge in [-0.2, -0.15) is 0 Å². The average Bonchev–Trinajstić information content (AvgIpc) is 2.23. The maximum atomic E-state index is 10.7. The fraction of sp³-hybridized carbons (Fsp3) is 0.750. The summed E-state index contributed by atoms with van der Waals surface area (Å²) in [4.78, 5) is 10.7. The zero-order valence-electron chi connectivity index (χ0n) is 8.37. The molecule has 14 heavy (non-hydrogen) atoms. The van der Waals surface area contributed by atoms with Crippen molar-refractivity contribution in [1.82, 2.24) is 10.4 Å². The summed E-state index contributed by atoms with van der Waals surface area (Å²) in [6.07, 6.45) is 2.04. The molecule has 0 amide bonds. The zero-order valence-corrected chi connectivity index (χ0v) is 11.4. The number of carbonyl (C=O) groups is 1. The number of nitrogens with one attached hydrogen (secondary N) is 1. The van der Waals surface area contributed by atoms with Gasteiger partial charge in [-0.3, -0.25) is 10.2 Å². The molecule has 78 valence electrons. The van der Waals surface area contributed by atoms with Crippen LogP contribution in [0.3, 0.4) is 0 Å². The molecule has 3 atom stereocenters. The molecule has 2 fully saturated rings. The van der Waals surface area contributed by atoms with E-state index in [1.54, 1.807) is 0 Å². The number of nitrogens with zero attached hydrogens (tertiary/aromatic N) is 1. The first kappa shape index (κ1) is 17.0. The molecule has 0 aliphatic carbocycles. The third-order valence-corrected chi connectivity index (χ3v) is 2.61. The Bertz CT molecular complexity index is 178. The van der Waals surface area contributed by atoms with Crippen LogP contribution < -0.4 is 22.4 Å². The Balaban J connectivity index is 0. The molecular formula is C8H15BrMgN2O2.